The van der Waals surface area contributed by atoms with Crippen LogP contribution in [0.3, 0.4) is 0 Å². The summed E-state index contributed by atoms with van der Waals surface area (Å²) >= 11 is 0. The summed E-state index contributed by atoms with van der Waals surface area (Å²) in [6, 6.07) is 16.6. The molecule has 0 aliphatic carbocycles. The van der Waals surface area contributed by atoms with Crippen molar-refractivity contribution in [2.24, 2.45) is 5.73 Å². The van der Waals surface area contributed by atoms with E-state index in [1.807, 2.05) is 18.2 Å². The maximum absolute atomic E-state index is 5.71. The van der Waals surface area contributed by atoms with Crippen LogP contribution in [-0.4, -0.2) is 19.1 Å². The van der Waals surface area contributed by atoms with Crippen molar-refractivity contribution in [2.75, 3.05) is 14.2 Å². The second kappa shape index (κ2) is 7.08. The highest BCUT2D eigenvalue weighted by Gasteiger charge is 2.08. The van der Waals surface area contributed by atoms with E-state index in [-0.39, 0.29) is 0 Å². The van der Waals surface area contributed by atoms with Gasteiger partial charge in [0.25, 0.3) is 0 Å². The van der Waals surface area contributed by atoms with Crippen molar-refractivity contribution in [1.29, 1.82) is 0 Å². The van der Waals surface area contributed by atoms with Crippen LogP contribution in [0.15, 0.2) is 48.5 Å². The normalized spacial score (nSPS) is 10.8. The maximum Gasteiger partial charge on any atom is 0.123 e. The van der Waals surface area contributed by atoms with Crippen molar-refractivity contribution in [3.63, 3.8) is 0 Å². The third-order valence-corrected chi connectivity index (χ3v) is 3.32. The van der Waals surface area contributed by atoms with Gasteiger partial charge in [-0.1, -0.05) is 36.4 Å². The summed E-state index contributed by atoms with van der Waals surface area (Å²) in [5.74, 6) is 0.919. The summed E-state index contributed by atoms with van der Waals surface area (Å²) in [6.07, 6.45) is 0. The highest BCUT2D eigenvalue weighted by atomic mass is 16.5. The Balaban J connectivity index is 2.08. The quantitative estimate of drug-likeness (QED) is 0.877. The van der Waals surface area contributed by atoms with Crippen LogP contribution in [-0.2, 0) is 19.6 Å². The van der Waals surface area contributed by atoms with Crippen LogP contribution in [0.2, 0.25) is 0 Å². The minimum atomic E-state index is 0.555. The van der Waals surface area contributed by atoms with Crippen LogP contribution in [0, 0.1) is 0 Å². The van der Waals surface area contributed by atoms with Gasteiger partial charge in [-0.15, -0.1) is 0 Å². The molecule has 2 aromatic carbocycles. The number of rotatable bonds is 6. The molecule has 0 radical (unpaired) electrons. The molecule has 20 heavy (non-hydrogen) atoms. The number of hydrogen-bond donors (Lipinski definition) is 1. The molecule has 0 atom stereocenters. The van der Waals surface area contributed by atoms with Gasteiger partial charge < -0.3 is 10.5 Å². The average Bonchev–Trinajstić information content (AvgIpc) is 2.48. The van der Waals surface area contributed by atoms with E-state index in [9.17, 15) is 0 Å². The van der Waals surface area contributed by atoms with Crippen LogP contribution in [0.1, 0.15) is 16.7 Å². The van der Waals surface area contributed by atoms with Gasteiger partial charge in [-0.05, 0) is 30.3 Å². The number of nitrogens with two attached hydrogens (primary N) is 1. The molecule has 0 saturated heterocycles. The summed E-state index contributed by atoms with van der Waals surface area (Å²) < 4.78 is 5.43. The molecule has 0 aliphatic rings. The Morgan fingerprint density at radius 1 is 1.00 bits per heavy atom. The number of hydrogen-bond acceptors (Lipinski definition) is 3. The Kier molecular flexibility index (Phi) is 5.16. The van der Waals surface area contributed by atoms with Crippen molar-refractivity contribution in [2.45, 2.75) is 19.6 Å². The monoisotopic (exact) mass is 270 g/mol. The molecule has 0 unspecified atom stereocenters. The number of ether oxygens (including phenoxy) is 1. The topological polar surface area (TPSA) is 38.5 Å². The number of nitrogens with zero attached hydrogens (tertiary/aromatic N) is 1. The van der Waals surface area contributed by atoms with Gasteiger partial charge in [0.15, 0.2) is 0 Å². The lowest BCUT2D eigenvalue weighted by Crippen LogP contribution is -2.18. The smallest absolute Gasteiger partial charge is 0.123 e. The SMILES string of the molecule is COc1ccc(CN)cc1CN(C)Cc1ccccc1. The van der Waals surface area contributed by atoms with Crippen molar-refractivity contribution in [1.82, 2.24) is 4.90 Å². The summed E-state index contributed by atoms with van der Waals surface area (Å²) in [7, 11) is 3.82. The van der Waals surface area contributed by atoms with Crippen LogP contribution < -0.4 is 10.5 Å². The molecule has 0 amide bonds. The second-order valence-electron chi connectivity index (χ2n) is 5.01. The zero-order valence-corrected chi connectivity index (χ0v) is 12.2. The fraction of sp³-hybridized carbons (Fsp3) is 0.294. The zero-order valence-electron chi connectivity index (χ0n) is 12.2. The molecular formula is C17H22N2O. The molecule has 2 aromatic rings. The summed E-state index contributed by atoms with van der Waals surface area (Å²) in [6.45, 7) is 2.31. The van der Waals surface area contributed by atoms with Gasteiger partial charge in [-0.2, -0.15) is 0 Å². The first-order valence-electron chi connectivity index (χ1n) is 6.81. The third-order valence-electron chi connectivity index (χ3n) is 3.32. The molecule has 106 valence electrons. The van der Waals surface area contributed by atoms with Crippen LogP contribution in [0.4, 0.5) is 0 Å². The number of benzene rings is 2. The largest absolute Gasteiger partial charge is 0.496 e. The van der Waals surface area contributed by atoms with Gasteiger partial charge in [-0.3, -0.25) is 4.90 Å². The first-order chi connectivity index (χ1) is 9.72. The molecule has 3 heteroatoms. The first-order valence-corrected chi connectivity index (χ1v) is 6.81. The van der Waals surface area contributed by atoms with E-state index in [0.29, 0.717) is 6.54 Å². The van der Waals surface area contributed by atoms with Gasteiger partial charge in [0.1, 0.15) is 5.75 Å². The van der Waals surface area contributed by atoms with Crippen molar-refractivity contribution in [3.8, 4) is 5.75 Å². The molecule has 0 saturated carbocycles. The lowest BCUT2D eigenvalue weighted by molar-refractivity contribution is 0.310. The molecule has 2 N–H and O–H groups in total. The highest BCUT2D eigenvalue weighted by molar-refractivity contribution is 5.37. The lowest BCUT2D eigenvalue weighted by Gasteiger charge is -2.19. The second-order valence-corrected chi connectivity index (χ2v) is 5.01. The fourth-order valence-electron chi connectivity index (χ4n) is 2.32. The van der Waals surface area contributed by atoms with E-state index >= 15 is 0 Å². The molecule has 3 nitrogen and oxygen atoms in total. The van der Waals surface area contributed by atoms with E-state index in [2.05, 4.69) is 42.3 Å². The van der Waals surface area contributed by atoms with Gasteiger partial charge in [0, 0.05) is 25.2 Å². The standard InChI is InChI=1S/C17H22N2O/c1-19(12-14-6-4-3-5-7-14)13-16-10-15(11-18)8-9-17(16)20-2/h3-10H,11-13,18H2,1-2H3. The summed E-state index contributed by atoms with van der Waals surface area (Å²) in [5, 5.41) is 0. The molecule has 0 heterocycles. The van der Waals surface area contributed by atoms with E-state index < -0.39 is 0 Å². The Bertz CT molecular complexity index is 540. The van der Waals surface area contributed by atoms with E-state index in [0.717, 1.165) is 24.4 Å². The van der Waals surface area contributed by atoms with Crippen molar-refractivity contribution in [3.05, 3.63) is 65.2 Å². The van der Waals surface area contributed by atoms with Gasteiger partial charge in [0.05, 0.1) is 7.11 Å². The minimum Gasteiger partial charge on any atom is -0.496 e. The van der Waals surface area contributed by atoms with Crippen molar-refractivity contribution < 1.29 is 4.74 Å². The average molecular weight is 270 g/mol. The maximum atomic E-state index is 5.71. The van der Waals surface area contributed by atoms with E-state index in [4.69, 9.17) is 10.5 Å². The van der Waals surface area contributed by atoms with Gasteiger partial charge in [-0.25, -0.2) is 0 Å². The molecule has 0 spiro atoms. The van der Waals surface area contributed by atoms with Gasteiger partial charge in [0.2, 0.25) is 0 Å². The van der Waals surface area contributed by atoms with E-state index in [1.165, 1.54) is 11.1 Å². The molecule has 2 rings (SSSR count). The molecule has 0 aliphatic heterocycles. The predicted molar refractivity (Wildman–Crippen MR) is 82.5 cm³/mol. The first kappa shape index (κ1) is 14.6. The Labute approximate surface area is 121 Å². The van der Waals surface area contributed by atoms with E-state index in [1.54, 1.807) is 7.11 Å². The summed E-state index contributed by atoms with van der Waals surface area (Å²) in [5.41, 5.74) is 9.33. The molecule has 0 fully saturated rings. The highest BCUT2D eigenvalue weighted by Crippen LogP contribution is 2.21. The molecule has 0 bridgehead atoms. The lowest BCUT2D eigenvalue weighted by atomic mass is 10.1. The van der Waals surface area contributed by atoms with Gasteiger partial charge >= 0.3 is 0 Å². The number of methoxy groups -OCH3 is 1. The Hall–Kier alpha value is -1.84. The molecule has 0 aromatic heterocycles. The van der Waals surface area contributed by atoms with Crippen LogP contribution in [0.5, 0.6) is 5.75 Å². The fourth-order valence-corrected chi connectivity index (χ4v) is 2.32. The summed E-state index contributed by atoms with van der Waals surface area (Å²) in [4.78, 5) is 2.27. The minimum absolute atomic E-state index is 0.555. The third kappa shape index (κ3) is 3.83. The Morgan fingerprint density at radius 2 is 1.75 bits per heavy atom. The van der Waals surface area contributed by atoms with Crippen molar-refractivity contribution >= 4 is 0 Å². The van der Waals surface area contributed by atoms with Crippen LogP contribution in [0.25, 0.3) is 0 Å². The zero-order chi connectivity index (χ0) is 14.4. The Morgan fingerprint density at radius 3 is 2.40 bits per heavy atom. The van der Waals surface area contributed by atoms with Crippen LogP contribution >= 0.6 is 0 Å². The molecular weight excluding hydrogens is 248 g/mol. The predicted octanol–water partition coefficient (Wildman–Crippen LogP) is 2.79.